The van der Waals surface area contributed by atoms with E-state index in [-0.39, 0.29) is 5.84 Å². The van der Waals surface area contributed by atoms with Crippen LogP contribution in [0.2, 0.25) is 0 Å². The van der Waals surface area contributed by atoms with Crippen molar-refractivity contribution in [3.63, 3.8) is 0 Å². The summed E-state index contributed by atoms with van der Waals surface area (Å²) < 4.78 is 14.2. The largest absolute Gasteiger partial charge is 0.383 e. The lowest BCUT2D eigenvalue weighted by molar-refractivity contribution is 0.439. The first-order chi connectivity index (χ1) is 10.2. The van der Waals surface area contributed by atoms with Gasteiger partial charge in [0, 0.05) is 44.0 Å². The zero-order chi connectivity index (χ0) is 14.8. The molecule has 1 aliphatic rings. The Morgan fingerprint density at radius 3 is 2.71 bits per heavy atom. The van der Waals surface area contributed by atoms with Gasteiger partial charge in [-0.1, -0.05) is 6.07 Å². The molecule has 1 aromatic carbocycles. The highest BCUT2D eigenvalue weighted by Crippen LogP contribution is 2.28. The van der Waals surface area contributed by atoms with Crippen molar-refractivity contribution in [2.45, 2.75) is 5.92 Å². The normalized spacial score (nSPS) is 15.8. The van der Waals surface area contributed by atoms with Crippen LogP contribution < -0.4 is 11.1 Å². The minimum Gasteiger partial charge on any atom is -0.383 e. The van der Waals surface area contributed by atoms with Gasteiger partial charge in [-0.2, -0.15) is 0 Å². The molecular formula is C15H16FN5. The zero-order valence-corrected chi connectivity index (χ0v) is 11.7. The van der Waals surface area contributed by atoms with Crippen molar-refractivity contribution < 1.29 is 4.39 Å². The average molecular weight is 285 g/mol. The number of aromatic nitrogens is 2. The topological polar surface area (TPSA) is 76.2 Å². The van der Waals surface area contributed by atoms with Gasteiger partial charge in [-0.25, -0.2) is 4.39 Å². The van der Waals surface area contributed by atoms with Gasteiger partial charge in [-0.15, -0.1) is 0 Å². The van der Waals surface area contributed by atoms with Crippen LogP contribution in [0.15, 0.2) is 35.6 Å². The van der Waals surface area contributed by atoms with Crippen molar-refractivity contribution in [1.29, 1.82) is 0 Å². The quantitative estimate of drug-likeness (QED) is 0.658. The molecule has 108 valence electrons. The Hall–Kier alpha value is -2.34. The summed E-state index contributed by atoms with van der Waals surface area (Å²) in [6.07, 6.45) is 3.29. The van der Waals surface area contributed by atoms with Gasteiger partial charge in [-0.05, 0) is 12.1 Å². The predicted octanol–water partition coefficient (Wildman–Crippen LogP) is 1.30. The third-order valence-corrected chi connectivity index (χ3v) is 3.65. The van der Waals surface area contributed by atoms with E-state index >= 15 is 0 Å². The van der Waals surface area contributed by atoms with Crippen LogP contribution in [-0.2, 0) is 0 Å². The fourth-order valence-electron chi connectivity index (χ4n) is 2.34. The molecule has 1 aromatic heterocycles. The third-order valence-electron chi connectivity index (χ3n) is 3.65. The SMILES string of the molecule is CN=C(N)c1ccc(-c2nccnc2C2CNC2)cc1F. The highest BCUT2D eigenvalue weighted by atomic mass is 19.1. The molecule has 2 heterocycles. The Bertz CT molecular complexity index is 694. The summed E-state index contributed by atoms with van der Waals surface area (Å²) in [6.45, 7) is 1.75. The highest BCUT2D eigenvalue weighted by Gasteiger charge is 2.24. The first-order valence-corrected chi connectivity index (χ1v) is 6.75. The maximum Gasteiger partial charge on any atom is 0.134 e. The van der Waals surface area contributed by atoms with Crippen molar-refractivity contribution in [3.05, 3.63) is 47.7 Å². The smallest absolute Gasteiger partial charge is 0.134 e. The fraction of sp³-hybridized carbons (Fsp3) is 0.267. The van der Waals surface area contributed by atoms with E-state index in [9.17, 15) is 4.39 Å². The van der Waals surface area contributed by atoms with Gasteiger partial charge in [0.05, 0.1) is 17.0 Å². The lowest BCUT2D eigenvalue weighted by Gasteiger charge is -2.27. The summed E-state index contributed by atoms with van der Waals surface area (Å²) in [5, 5.41) is 3.21. The molecule has 0 radical (unpaired) electrons. The molecule has 6 heteroatoms. The Morgan fingerprint density at radius 1 is 1.33 bits per heavy atom. The molecule has 0 atom stereocenters. The molecule has 0 unspecified atom stereocenters. The molecular weight excluding hydrogens is 269 g/mol. The first kappa shape index (κ1) is 13.6. The Kier molecular flexibility index (Phi) is 3.62. The highest BCUT2D eigenvalue weighted by molar-refractivity contribution is 5.98. The van der Waals surface area contributed by atoms with Crippen LogP contribution >= 0.6 is 0 Å². The number of rotatable bonds is 3. The van der Waals surface area contributed by atoms with E-state index in [1.807, 2.05) is 0 Å². The van der Waals surface area contributed by atoms with Gasteiger partial charge < -0.3 is 11.1 Å². The van der Waals surface area contributed by atoms with Gasteiger partial charge in [0.15, 0.2) is 0 Å². The Balaban J connectivity index is 2.03. The summed E-state index contributed by atoms with van der Waals surface area (Å²) in [4.78, 5) is 12.6. The molecule has 0 spiro atoms. The maximum atomic E-state index is 14.2. The molecule has 5 nitrogen and oxygen atoms in total. The van der Waals surface area contributed by atoms with Crippen LogP contribution in [0.3, 0.4) is 0 Å². The van der Waals surface area contributed by atoms with E-state index < -0.39 is 5.82 Å². The monoisotopic (exact) mass is 285 g/mol. The zero-order valence-electron chi connectivity index (χ0n) is 11.7. The number of amidine groups is 1. The van der Waals surface area contributed by atoms with Gasteiger partial charge in [0.25, 0.3) is 0 Å². The van der Waals surface area contributed by atoms with Crippen LogP contribution in [0.1, 0.15) is 17.2 Å². The molecule has 0 bridgehead atoms. The van der Waals surface area contributed by atoms with Gasteiger partial charge in [-0.3, -0.25) is 15.0 Å². The summed E-state index contributed by atoms with van der Waals surface area (Å²) in [7, 11) is 1.53. The minimum absolute atomic E-state index is 0.182. The molecule has 0 saturated carbocycles. The molecule has 1 aliphatic heterocycles. The number of benzene rings is 1. The van der Waals surface area contributed by atoms with E-state index in [1.165, 1.54) is 13.1 Å². The van der Waals surface area contributed by atoms with Crippen molar-refractivity contribution in [2.75, 3.05) is 20.1 Å². The summed E-state index contributed by atoms with van der Waals surface area (Å²) in [5.41, 5.74) is 8.30. The molecule has 21 heavy (non-hydrogen) atoms. The van der Waals surface area contributed by atoms with Crippen molar-refractivity contribution >= 4 is 5.84 Å². The van der Waals surface area contributed by atoms with Crippen molar-refractivity contribution in [3.8, 4) is 11.3 Å². The molecule has 3 N–H and O–H groups in total. The van der Waals surface area contributed by atoms with Crippen LogP contribution in [0.4, 0.5) is 4.39 Å². The number of hydrogen-bond acceptors (Lipinski definition) is 4. The Morgan fingerprint density at radius 2 is 2.10 bits per heavy atom. The van der Waals surface area contributed by atoms with Crippen molar-refractivity contribution in [2.24, 2.45) is 10.7 Å². The summed E-state index contributed by atoms with van der Waals surface area (Å²) in [6, 6.07) is 4.87. The Labute approximate surface area is 122 Å². The molecule has 3 rings (SSSR count). The van der Waals surface area contributed by atoms with E-state index in [2.05, 4.69) is 20.3 Å². The number of aliphatic imine (C=N–C) groups is 1. The maximum absolute atomic E-state index is 14.2. The average Bonchev–Trinajstić information content (AvgIpc) is 2.45. The molecule has 2 aromatic rings. The second kappa shape index (κ2) is 5.57. The van der Waals surface area contributed by atoms with E-state index in [1.54, 1.807) is 24.5 Å². The third kappa shape index (κ3) is 2.50. The number of hydrogen-bond donors (Lipinski definition) is 2. The van der Waals surface area contributed by atoms with Gasteiger partial charge in [0.2, 0.25) is 0 Å². The molecule has 0 aliphatic carbocycles. The minimum atomic E-state index is -0.404. The summed E-state index contributed by atoms with van der Waals surface area (Å²) >= 11 is 0. The number of nitrogens with one attached hydrogen (secondary N) is 1. The second-order valence-electron chi connectivity index (χ2n) is 4.95. The van der Waals surface area contributed by atoms with Crippen LogP contribution in [0.25, 0.3) is 11.3 Å². The lowest BCUT2D eigenvalue weighted by atomic mass is 9.94. The van der Waals surface area contributed by atoms with Gasteiger partial charge >= 0.3 is 0 Å². The molecule has 1 fully saturated rings. The number of halogens is 1. The molecule has 1 saturated heterocycles. The number of nitrogens with zero attached hydrogens (tertiary/aromatic N) is 3. The second-order valence-corrected chi connectivity index (χ2v) is 4.95. The van der Waals surface area contributed by atoms with Crippen molar-refractivity contribution in [1.82, 2.24) is 15.3 Å². The lowest BCUT2D eigenvalue weighted by Crippen LogP contribution is -2.40. The standard InChI is InChI=1S/C15H16FN5/c1-18-15(17)11-3-2-9(6-12(11)16)13-14(10-7-19-8-10)21-5-4-20-13/h2-6,10,19H,7-8H2,1H3,(H2,17,18). The predicted molar refractivity (Wildman–Crippen MR) is 79.7 cm³/mol. The first-order valence-electron chi connectivity index (χ1n) is 6.75. The van der Waals surface area contributed by atoms with Gasteiger partial charge in [0.1, 0.15) is 11.7 Å². The van der Waals surface area contributed by atoms with E-state index in [0.29, 0.717) is 17.0 Å². The molecule has 0 amide bonds. The van der Waals surface area contributed by atoms with Crippen LogP contribution in [-0.4, -0.2) is 35.9 Å². The van der Waals surface area contributed by atoms with Crippen LogP contribution in [0.5, 0.6) is 0 Å². The fourth-order valence-corrected chi connectivity index (χ4v) is 2.34. The summed E-state index contributed by atoms with van der Waals surface area (Å²) in [5.74, 6) is 0.110. The number of nitrogens with two attached hydrogens (primary N) is 1. The van der Waals surface area contributed by atoms with E-state index in [0.717, 1.165) is 24.5 Å². The van der Waals surface area contributed by atoms with E-state index in [4.69, 9.17) is 5.73 Å². The van der Waals surface area contributed by atoms with Crippen LogP contribution in [0, 0.1) is 5.82 Å².